The fourth-order valence-corrected chi connectivity index (χ4v) is 5.57. The predicted octanol–water partition coefficient (Wildman–Crippen LogP) is 2.98. The average molecular weight is 428 g/mol. The Balaban J connectivity index is 1.66. The summed E-state index contributed by atoms with van der Waals surface area (Å²) in [5.41, 5.74) is 3.66. The molecule has 3 aromatic heterocycles. The van der Waals surface area contributed by atoms with Gasteiger partial charge in [0.15, 0.2) is 5.82 Å². The number of rotatable bonds is 3. The van der Waals surface area contributed by atoms with Crippen LogP contribution in [0.3, 0.4) is 0 Å². The molecule has 5 heterocycles. The Morgan fingerprint density at radius 1 is 1.20 bits per heavy atom. The number of pyridine rings is 2. The zero-order chi connectivity index (χ0) is 20.6. The lowest BCUT2D eigenvalue weighted by molar-refractivity contribution is 0.0989. The third kappa shape index (κ3) is 3.80. The van der Waals surface area contributed by atoms with Gasteiger partial charge in [-0.25, -0.2) is 9.19 Å². The summed E-state index contributed by atoms with van der Waals surface area (Å²) < 4.78 is 28.8. The summed E-state index contributed by atoms with van der Waals surface area (Å²) in [6.07, 6.45) is 5.52. The highest BCUT2D eigenvalue weighted by molar-refractivity contribution is 7.93. The van der Waals surface area contributed by atoms with Gasteiger partial charge >= 0.3 is 0 Å². The van der Waals surface area contributed by atoms with Crippen molar-refractivity contribution in [1.82, 2.24) is 15.0 Å². The van der Waals surface area contributed by atoms with Crippen molar-refractivity contribution in [3.63, 3.8) is 0 Å². The second-order valence-corrected chi connectivity index (χ2v) is 10.2. The topological polar surface area (TPSA) is 92.7 Å². The highest BCUT2D eigenvalue weighted by atomic mass is 32.2. The van der Waals surface area contributed by atoms with E-state index in [1.807, 2.05) is 24.5 Å². The van der Waals surface area contributed by atoms with Gasteiger partial charge in [0, 0.05) is 47.7 Å². The average Bonchev–Trinajstić information content (AvgIpc) is 3.23. The van der Waals surface area contributed by atoms with Gasteiger partial charge in [0.25, 0.3) is 0 Å². The Kier molecular flexibility index (Phi) is 5.18. The zero-order valence-electron chi connectivity index (χ0n) is 16.9. The van der Waals surface area contributed by atoms with Crippen LogP contribution in [-0.4, -0.2) is 69.7 Å². The second kappa shape index (κ2) is 7.98. The van der Waals surface area contributed by atoms with E-state index in [2.05, 4.69) is 32.2 Å². The van der Waals surface area contributed by atoms with Gasteiger partial charge in [-0.3, -0.25) is 4.98 Å². The van der Waals surface area contributed by atoms with E-state index in [9.17, 15) is 4.21 Å². The first-order chi connectivity index (χ1) is 14.6. The molecule has 2 aliphatic rings. The largest absolute Gasteiger partial charge is 0.379 e. The van der Waals surface area contributed by atoms with Crippen LogP contribution in [0.2, 0.25) is 0 Å². The monoisotopic (exact) mass is 427 g/mol. The number of hydrogen-bond donors (Lipinski definition) is 1. The number of anilines is 1. The van der Waals surface area contributed by atoms with E-state index in [0.29, 0.717) is 43.8 Å². The van der Waals surface area contributed by atoms with Gasteiger partial charge in [-0.15, -0.1) is 0 Å². The van der Waals surface area contributed by atoms with Crippen LogP contribution in [0.4, 0.5) is 11.5 Å². The molecule has 1 N–H and O–H groups in total. The minimum absolute atomic E-state index is 0.236. The summed E-state index contributed by atoms with van der Waals surface area (Å²) in [6.45, 7) is 5.23. The summed E-state index contributed by atoms with van der Waals surface area (Å²) >= 11 is 0. The molecule has 8 nitrogen and oxygen atoms in total. The van der Waals surface area contributed by atoms with Crippen LogP contribution in [0, 0.1) is 0 Å². The molecule has 2 saturated heterocycles. The maximum atomic E-state index is 13.2. The molecule has 0 unspecified atom stereocenters. The molecule has 9 heteroatoms. The van der Waals surface area contributed by atoms with Gasteiger partial charge in [-0.05, 0) is 19.1 Å². The van der Waals surface area contributed by atoms with E-state index in [0.717, 1.165) is 34.4 Å². The van der Waals surface area contributed by atoms with E-state index in [-0.39, 0.29) is 6.04 Å². The third-order valence-electron chi connectivity index (χ3n) is 5.60. The lowest BCUT2D eigenvalue weighted by Gasteiger charge is -2.35. The van der Waals surface area contributed by atoms with E-state index >= 15 is 0 Å². The number of fused-ring (bicyclic) bond motifs is 1. The van der Waals surface area contributed by atoms with Crippen molar-refractivity contribution in [3.8, 4) is 11.3 Å². The third-order valence-corrected chi connectivity index (χ3v) is 7.73. The van der Waals surface area contributed by atoms with E-state index < -0.39 is 9.73 Å². The number of H-pyrrole nitrogens is 1. The minimum atomic E-state index is -2.36. The quantitative estimate of drug-likeness (QED) is 0.691. The number of nitrogens with zero attached hydrogens (tertiary/aromatic N) is 4. The number of ether oxygens (including phenoxy) is 2. The maximum absolute atomic E-state index is 13.2. The van der Waals surface area contributed by atoms with Crippen molar-refractivity contribution in [2.75, 3.05) is 49.4 Å². The lowest BCUT2D eigenvalue weighted by Crippen LogP contribution is -2.43. The first kappa shape index (κ1) is 19.5. The Hall–Kier alpha value is -2.49. The fourth-order valence-electron chi connectivity index (χ4n) is 3.99. The predicted molar refractivity (Wildman–Crippen MR) is 118 cm³/mol. The summed E-state index contributed by atoms with van der Waals surface area (Å²) in [6, 6.07) is 6.27. The lowest BCUT2D eigenvalue weighted by atomic mass is 10.1. The van der Waals surface area contributed by atoms with Gasteiger partial charge in [0.1, 0.15) is 0 Å². The Labute approximate surface area is 175 Å². The molecule has 5 rings (SSSR count). The number of hydrogen-bond acceptors (Lipinski definition) is 7. The van der Waals surface area contributed by atoms with Gasteiger partial charge in [0.05, 0.1) is 65.1 Å². The zero-order valence-corrected chi connectivity index (χ0v) is 17.7. The van der Waals surface area contributed by atoms with Crippen LogP contribution >= 0.6 is 0 Å². The Morgan fingerprint density at radius 2 is 2.07 bits per heavy atom. The molecule has 3 aromatic rings. The molecule has 0 amide bonds. The minimum Gasteiger partial charge on any atom is -0.379 e. The van der Waals surface area contributed by atoms with Crippen molar-refractivity contribution in [3.05, 3.63) is 36.8 Å². The summed E-state index contributed by atoms with van der Waals surface area (Å²) in [7, 11) is -2.36. The first-order valence-electron chi connectivity index (χ1n) is 10.2. The van der Waals surface area contributed by atoms with Crippen LogP contribution in [0.15, 0.2) is 41.2 Å². The van der Waals surface area contributed by atoms with Crippen molar-refractivity contribution >= 4 is 32.1 Å². The normalized spacial score (nSPS) is 21.6. The second-order valence-electron chi connectivity index (χ2n) is 7.70. The Bertz CT molecular complexity index is 1170. The van der Waals surface area contributed by atoms with Gasteiger partial charge in [0.2, 0.25) is 0 Å². The molecule has 0 radical (unpaired) electrons. The highest BCUT2D eigenvalue weighted by Crippen LogP contribution is 2.33. The van der Waals surface area contributed by atoms with Crippen LogP contribution in [-0.2, 0) is 19.2 Å². The molecule has 0 spiro atoms. The van der Waals surface area contributed by atoms with Crippen molar-refractivity contribution in [2.45, 2.75) is 13.0 Å². The van der Waals surface area contributed by atoms with Crippen LogP contribution in [0.25, 0.3) is 22.2 Å². The SMILES string of the molecule is C[C@@H]1COCCN1c1cc(N=S2(=O)CCOCC2)nc(-c2cncc3[nH]ccc23)c1. The maximum Gasteiger partial charge on any atom is 0.164 e. The van der Waals surface area contributed by atoms with E-state index in [4.69, 9.17) is 14.5 Å². The Morgan fingerprint density at radius 3 is 2.90 bits per heavy atom. The molecule has 1 atom stereocenters. The molecule has 0 aliphatic carbocycles. The van der Waals surface area contributed by atoms with Crippen LogP contribution in [0.5, 0.6) is 0 Å². The van der Waals surface area contributed by atoms with Gasteiger partial charge < -0.3 is 19.4 Å². The van der Waals surface area contributed by atoms with Crippen LogP contribution in [0.1, 0.15) is 6.92 Å². The molecule has 0 bridgehead atoms. The molecular weight excluding hydrogens is 402 g/mol. The molecule has 158 valence electrons. The smallest absolute Gasteiger partial charge is 0.164 e. The van der Waals surface area contributed by atoms with Crippen molar-refractivity contribution in [1.29, 1.82) is 0 Å². The summed E-state index contributed by atoms with van der Waals surface area (Å²) in [5.74, 6) is 1.38. The van der Waals surface area contributed by atoms with Gasteiger partial charge in [-0.2, -0.15) is 4.36 Å². The van der Waals surface area contributed by atoms with Crippen LogP contribution < -0.4 is 4.90 Å². The van der Waals surface area contributed by atoms with E-state index in [1.54, 1.807) is 6.20 Å². The number of aromatic nitrogens is 3. The molecule has 0 aromatic carbocycles. The standard InChI is InChI=1S/C21H25N5O3S/c1-15-14-29-5-4-26(15)16-10-19(18-12-22-13-20-17(18)2-3-23-20)24-21(11-16)25-30(27)8-6-28-7-9-30/h2-3,10-13,15,23H,4-9,14H2,1H3/t15-/m1/s1. The number of morpholine rings is 1. The van der Waals surface area contributed by atoms with Crippen molar-refractivity contribution in [2.24, 2.45) is 4.36 Å². The summed E-state index contributed by atoms with van der Waals surface area (Å²) in [5, 5.41) is 1.05. The van der Waals surface area contributed by atoms with Gasteiger partial charge in [-0.1, -0.05) is 0 Å². The highest BCUT2D eigenvalue weighted by Gasteiger charge is 2.22. The summed E-state index contributed by atoms with van der Waals surface area (Å²) in [4.78, 5) is 14.7. The molecule has 2 fully saturated rings. The molecule has 2 aliphatic heterocycles. The van der Waals surface area contributed by atoms with Crippen molar-refractivity contribution < 1.29 is 13.7 Å². The molecular formula is C21H25N5O3S. The number of aromatic amines is 1. The first-order valence-corrected chi connectivity index (χ1v) is 12.0. The van der Waals surface area contributed by atoms with E-state index in [1.165, 1.54) is 0 Å². The number of nitrogens with one attached hydrogen (secondary N) is 1. The fraction of sp³-hybridized carbons (Fsp3) is 0.429. The molecule has 0 saturated carbocycles. The molecule has 30 heavy (non-hydrogen) atoms.